The number of rotatable bonds is 2. The first-order valence-electron chi connectivity index (χ1n) is 3.74. The van der Waals surface area contributed by atoms with E-state index in [0.29, 0.717) is 0 Å². The minimum absolute atomic E-state index is 0.0228. The molecule has 0 spiro atoms. The van der Waals surface area contributed by atoms with E-state index in [-0.39, 0.29) is 6.04 Å². The molecule has 0 amide bonds. The number of methoxy groups -OCH3 is 1. The van der Waals surface area contributed by atoms with Crippen molar-refractivity contribution in [3.8, 4) is 5.75 Å². The summed E-state index contributed by atoms with van der Waals surface area (Å²) in [6, 6.07) is 6.02. The minimum atomic E-state index is 0.0228. The largest absolute Gasteiger partial charge is 0.496 e. The highest BCUT2D eigenvalue weighted by Gasteiger charge is 2.06. The first-order valence-corrected chi connectivity index (χ1v) is 4.82. The van der Waals surface area contributed by atoms with E-state index in [1.165, 1.54) is 3.57 Å². The molecular formula is C9H12INO. The van der Waals surface area contributed by atoms with Crippen molar-refractivity contribution in [2.75, 3.05) is 7.11 Å². The van der Waals surface area contributed by atoms with Crippen molar-refractivity contribution in [3.05, 3.63) is 27.3 Å². The van der Waals surface area contributed by atoms with Crippen molar-refractivity contribution >= 4 is 22.6 Å². The average Bonchev–Trinajstić information content (AvgIpc) is 2.04. The Morgan fingerprint density at radius 1 is 1.50 bits per heavy atom. The highest BCUT2D eigenvalue weighted by Crippen LogP contribution is 2.25. The number of nitrogens with two attached hydrogens (primary N) is 1. The molecule has 0 aliphatic heterocycles. The van der Waals surface area contributed by atoms with E-state index in [4.69, 9.17) is 10.5 Å². The normalized spacial score (nSPS) is 12.7. The smallest absolute Gasteiger partial charge is 0.123 e. The van der Waals surface area contributed by atoms with Crippen molar-refractivity contribution in [1.29, 1.82) is 0 Å². The first kappa shape index (κ1) is 9.80. The fourth-order valence-electron chi connectivity index (χ4n) is 1.06. The summed E-state index contributed by atoms with van der Waals surface area (Å²) in [6.07, 6.45) is 0. The fourth-order valence-corrected chi connectivity index (χ4v) is 1.58. The summed E-state index contributed by atoms with van der Waals surface area (Å²) in [7, 11) is 1.66. The molecule has 0 aliphatic carbocycles. The standard InChI is InChI=1S/C9H12INO/c1-6(11)8-5-7(10)3-4-9(8)12-2/h3-6H,11H2,1-2H3. The van der Waals surface area contributed by atoms with E-state index in [2.05, 4.69) is 22.6 Å². The van der Waals surface area contributed by atoms with Crippen LogP contribution in [0.25, 0.3) is 0 Å². The van der Waals surface area contributed by atoms with Crippen molar-refractivity contribution in [2.24, 2.45) is 5.73 Å². The molecule has 12 heavy (non-hydrogen) atoms. The molecule has 0 aromatic heterocycles. The van der Waals surface area contributed by atoms with Crippen LogP contribution in [0, 0.1) is 3.57 Å². The highest BCUT2D eigenvalue weighted by atomic mass is 127. The summed E-state index contributed by atoms with van der Waals surface area (Å²) in [5.41, 5.74) is 6.84. The summed E-state index contributed by atoms with van der Waals surface area (Å²) in [5, 5.41) is 0. The molecule has 1 aromatic carbocycles. The van der Waals surface area contributed by atoms with Crippen LogP contribution >= 0.6 is 22.6 Å². The monoisotopic (exact) mass is 277 g/mol. The topological polar surface area (TPSA) is 35.2 Å². The molecule has 2 nitrogen and oxygen atoms in total. The number of hydrogen-bond donors (Lipinski definition) is 1. The molecule has 0 radical (unpaired) electrons. The molecule has 1 atom stereocenters. The fraction of sp³-hybridized carbons (Fsp3) is 0.333. The summed E-state index contributed by atoms with van der Waals surface area (Å²) >= 11 is 2.26. The zero-order chi connectivity index (χ0) is 9.14. The molecule has 1 aromatic rings. The number of benzene rings is 1. The Morgan fingerprint density at radius 2 is 2.17 bits per heavy atom. The van der Waals surface area contributed by atoms with Crippen LogP contribution in [0.5, 0.6) is 5.75 Å². The predicted molar refractivity (Wildman–Crippen MR) is 58.3 cm³/mol. The van der Waals surface area contributed by atoms with Crippen LogP contribution < -0.4 is 10.5 Å². The van der Waals surface area contributed by atoms with Gasteiger partial charge in [-0.15, -0.1) is 0 Å². The lowest BCUT2D eigenvalue weighted by atomic mass is 10.1. The molecule has 66 valence electrons. The second kappa shape index (κ2) is 4.09. The third-order valence-electron chi connectivity index (χ3n) is 1.68. The molecule has 1 rings (SSSR count). The van der Waals surface area contributed by atoms with Crippen LogP contribution in [0.4, 0.5) is 0 Å². The summed E-state index contributed by atoms with van der Waals surface area (Å²) < 4.78 is 6.36. The van der Waals surface area contributed by atoms with Gasteiger partial charge >= 0.3 is 0 Å². The maximum Gasteiger partial charge on any atom is 0.123 e. The number of halogens is 1. The first-order chi connectivity index (χ1) is 5.65. The summed E-state index contributed by atoms with van der Waals surface area (Å²) in [4.78, 5) is 0. The Kier molecular flexibility index (Phi) is 3.34. The van der Waals surface area contributed by atoms with Gasteiger partial charge in [-0.1, -0.05) is 0 Å². The van der Waals surface area contributed by atoms with Gasteiger partial charge in [-0.25, -0.2) is 0 Å². The summed E-state index contributed by atoms with van der Waals surface area (Å²) in [6.45, 7) is 1.95. The molecule has 3 heteroatoms. The van der Waals surface area contributed by atoms with Gasteiger partial charge in [0.1, 0.15) is 5.75 Å². The zero-order valence-electron chi connectivity index (χ0n) is 7.17. The van der Waals surface area contributed by atoms with E-state index in [1.807, 2.05) is 25.1 Å². The van der Waals surface area contributed by atoms with Gasteiger partial charge in [0, 0.05) is 15.2 Å². The lowest BCUT2D eigenvalue weighted by Crippen LogP contribution is -2.07. The van der Waals surface area contributed by atoms with Crippen LogP contribution in [0.1, 0.15) is 18.5 Å². The number of ether oxygens (including phenoxy) is 1. The molecule has 1 unspecified atom stereocenters. The van der Waals surface area contributed by atoms with Gasteiger partial charge in [-0.3, -0.25) is 0 Å². The lowest BCUT2D eigenvalue weighted by molar-refractivity contribution is 0.407. The summed E-state index contributed by atoms with van der Waals surface area (Å²) in [5.74, 6) is 0.866. The third kappa shape index (κ3) is 2.10. The molecule has 0 aliphatic rings. The minimum Gasteiger partial charge on any atom is -0.496 e. The molecule has 0 fully saturated rings. The number of hydrogen-bond acceptors (Lipinski definition) is 2. The van der Waals surface area contributed by atoms with Crippen molar-refractivity contribution in [1.82, 2.24) is 0 Å². The van der Waals surface area contributed by atoms with Gasteiger partial charge in [0.2, 0.25) is 0 Å². The maximum absolute atomic E-state index is 5.78. The van der Waals surface area contributed by atoms with Crippen LogP contribution in [0.3, 0.4) is 0 Å². The third-order valence-corrected chi connectivity index (χ3v) is 2.35. The molecule has 2 N–H and O–H groups in total. The Morgan fingerprint density at radius 3 is 2.67 bits per heavy atom. The average molecular weight is 277 g/mol. The Balaban J connectivity index is 3.12. The molecule has 0 saturated heterocycles. The second-order valence-corrected chi connectivity index (χ2v) is 3.92. The van der Waals surface area contributed by atoms with Crippen molar-refractivity contribution in [3.63, 3.8) is 0 Å². The Hall–Kier alpha value is -0.290. The zero-order valence-corrected chi connectivity index (χ0v) is 9.33. The van der Waals surface area contributed by atoms with Crippen molar-refractivity contribution in [2.45, 2.75) is 13.0 Å². The van der Waals surface area contributed by atoms with Crippen LogP contribution in [0.15, 0.2) is 18.2 Å². The van der Waals surface area contributed by atoms with Crippen LogP contribution in [-0.2, 0) is 0 Å². The molecule has 0 heterocycles. The van der Waals surface area contributed by atoms with Gasteiger partial charge < -0.3 is 10.5 Å². The predicted octanol–water partition coefficient (Wildman–Crippen LogP) is 2.32. The van der Waals surface area contributed by atoms with Crippen molar-refractivity contribution < 1.29 is 4.74 Å². The second-order valence-electron chi connectivity index (χ2n) is 2.67. The van der Waals surface area contributed by atoms with Gasteiger partial charge in [-0.2, -0.15) is 0 Å². The molecule has 0 saturated carbocycles. The molecular weight excluding hydrogens is 265 g/mol. The van der Waals surface area contributed by atoms with E-state index in [9.17, 15) is 0 Å². The molecule has 0 bridgehead atoms. The van der Waals surface area contributed by atoms with Gasteiger partial charge in [0.15, 0.2) is 0 Å². The quantitative estimate of drug-likeness (QED) is 0.842. The van der Waals surface area contributed by atoms with E-state index in [1.54, 1.807) is 7.11 Å². The Bertz CT molecular complexity index is 273. The van der Waals surface area contributed by atoms with E-state index < -0.39 is 0 Å². The van der Waals surface area contributed by atoms with Crippen LogP contribution in [-0.4, -0.2) is 7.11 Å². The Labute approximate surface area is 86.2 Å². The lowest BCUT2D eigenvalue weighted by Gasteiger charge is -2.11. The highest BCUT2D eigenvalue weighted by molar-refractivity contribution is 14.1. The van der Waals surface area contributed by atoms with E-state index >= 15 is 0 Å². The SMILES string of the molecule is COc1ccc(I)cc1C(C)N. The van der Waals surface area contributed by atoms with Gasteiger partial charge in [0.05, 0.1) is 7.11 Å². The van der Waals surface area contributed by atoms with Crippen LogP contribution in [0.2, 0.25) is 0 Å². The van der Waals surface area contributed by atoms with E-state index in [0.717, 1.165) is 11.3 Å². The van der Waals surface area contributed by atoms with Gasteiger partial charge in [-0.05, 0) is 47.7 Å². The van der Waals surface area contributed by atoms with Gasteiger partial charge in [0.25, 0.3) is 0 Å². The maximum atomic E-state index is 5.78.